The Labute approximate surface area is 213 Å². The Bertz CT molecular complexity index is 1190. The molecule has 2 amide bonds. The molecule has 1 aromatic rings. The number of anilines is 1. The largest absolute Gasteiger partial charge is 0.379 e. The number of nitrogens with zero attached hydrogens (tertiary/aromatic N) is 1. The van der Waals surface area contributed by atoms with Crippen molar-refractivity contribution in [1.82, 2.24) is 15.5 Å². The molecule has 3 N–H and O–H groups in total. The van der Waals surface area contributed by atoms with Crippen LogP contribution in [0.2, 0.25) is 0 Å². The lowest BCUT2D eigenvalue weighted by molar-refractivity contribution is -0.117. The van der Waals surface area contributed by atoms with Crippen molar-refractivity contribution >= 4 is 23.1 Å². The Morgan fingerprint density at radius 2 is 1.97 bits per heavy atom. The van der Waals surface area contributed by atoms with Gasteiger partial charge in [0.15, 0.2) is 0 Å². The Hall–Kier alpha value is -2.74. The number of ether oxygens (including phenoxy) is 1. The highest BCUT2D eigenvalue weighted by atomic mass is 16.5. The minimum absolute atomic E-state index is 0.0231. The number of nitrogens with one attached hydrogen (secondary N) is 3. The summed E-state index contributed by atoms with van der Waals surface area (Å²) in [7, 11) is 0. The zero-order chi connectivity index (χ0) is 24.8. The molecule has 3 atom stereocenters. The van der Waals surface area contributed by atoms with Crippen molar-refractivity contribution in [3.63, 3.8) is 0 Å². The lowest BCUT2D eigenvalue weighted by Gasteiger charge is -2.29. The van der Waals surface area contributed by atoms with Crippen LogP contribution in [0.25, 0.3) is 5.57 Å². The van der Waals surface area contributed by atoms with E-state index in [0.717, 1.165) is 97.6 Å². The van der Waals surface area contributed by atoms with E-state index in [-0.39, 0.29) is 17.9 Å². The van der Waals surface area contributed by atoms with Gasteiger partial charge in [0, 0.05) is 55.1 Å². The first-order valence-electron chi connectivity index (χ1n) is 13.4. The van der Waals surface area contributed by atoms with Gasteiger partial charge in [-0.1, -0.05) is 30.7 Å². The number of hydrogen-bond acceptors (Lipinski definition) is 5. The molecule has 5 aliphatic rings. The molecule has 3 unspecified atom stereocenters. The summed E-state index contributed by atoms with van der Waals surface area (Å²) >= 11 is 0. The first-order chi connectivity index (χ1) is 17.5. The van der Waals surface area contributed by atoms with Gasteiger partial charge < -0.3 is 20.7 Å². The van der Waals surface area contributed by atoms with Crippen molar-refractivity contribution in [1.29, 1.82) is 0 Å². The summed E-state index contributed by atoms with van der Waals surface area (Å²) in [4.78, 5) is 29.2. The molecule has 0 saturated carbocycles. The molecule has 0 bridgehead atoms. The van der Waals surface area contributed by atoms with E-state index in [9.17, 15) is 9.59 Å². The lowest BCUT2D eigenvalue weighted by atomic mass is 9.78. The zero-order valence-corrected chi connectivity index (χ0v) is 21.3. The summed E-state index contributed by atoms with van der Waals surface area (Å²) < 4.78 is 5.46. The highest BCUT2D eigenvalue weighted by molar-refractivity contribution is 6.32. The number of fused-ring (bicyclic) bond motifs is 3. The minimum atomic E-state index is -0.0231. The smallest absolute Gasteiger partial charge is 0.256 e. The van der Waals surface area contributed by atoms with E-state index in [2.05, 4.69) is 34.7 Å². The quantitative estimate of drug-likeness (QED) is 0.438. The predicted octanol–water partition coefficient (Wildman–Crippen LogP) is 3.02. The average molecular weight is 489 g/mol. The third-order valence-electron chi connectivity index (χ3n) is 8.24. The van der Waals surface area contributed by atoms with Gasteiger partial charge in [0.2, 0.25) is 0 Å². The lowest BCUT2D eigenvalue weighted by Crippen LogP contribution is -2.41. The van der Waals surface area contributed by atoms with E-state index in [0.29, 0.717) is 18.5 Å². The molecule has 2 saturated heterocycles. The minimum Gasteiger partial charge on any atom is -0.379 e. The van der Waals surface area contributed by atoms with E-state index < -0.39 is 0 Å². The van der Waals surface area contributed by atoms with Crippen molar-refractivity contribution in [2.75, 3.05) is 44.7 Å². The van der Waals surface area contributed by atoms with Crippen LogP contribution < -0.4 is 16.0 Å². The van der Waals surface area contributed by atoms with Gasteiger partial charge in [-0.05, 0) is 61.3 Å². The van der Waals surface area contributed by atoms with Crippen LogP contribution in [0.5, 0.6) is 0 Å². The van der Waals surface area contributed by atoms with Gasteiger partial charge in [0.25, 0.3) is 11.8 Å². The fraction of sp³-hybridized carbons (Fsp3) is 0.517. The van der Waals surface area contributed by atoms with Crippen LogP contribution in [0.1, 0.15) is 45.1 Å². The topological polar surface area (TPSA) is 92.6 Å². The first-order valence-corrected chi connectivity index (χ1v) is 13.4. The van der Waals surface area contributed by atoms with E-state index in [1.54, 1.807) is 0 Å². The first kappa shape index (κ1) is 23.6. The molecule has 0 spiro atoms. The zero-order valence-electron chi connectivity index (χ0n) is 21.3. The Morgan fingerprint density at radius 1 is 1.19 bits per heavy atom. The second-order valence-electron chi connectivity index (χ2n) is 10.9. The van der Waals surface area contributed by atoms with Gasteiger partial charge in [0.1, 0.15) is 0 Å². The highest BCUT2D eigenvalue weighted by Crippen LogP contribution is 2.48. The van der Waals surface area contributed by atoms with Gasteiger partial charge in [-0.2, -0.15) is 0 Å². The van der Waals surface area contributed by atoms with Crippen molar-refractivity contribution in [2.45, 2.75) is 51.6 Å². The number of carbonyl (C=O) groups excluding carboxylic acids is 2. The van der Waals surface area contributed by atoms with Crippen LogP contribution in [0.3, 0.4) is 0 Å². The molecule has 36 heavy (non-hydrogen) atoms. The number of hydrogen-bond donors (Lipinski definition) is 3. The molecule has 190 valence electrons. The maximum atomic E-state index is 13.7. The van der Waals surface area contributed by atoms with Crippen LogP contribution in [0.15, 0.2) is 52.1 Å². The van der Waals surface area contributed by atoms with Crippen LogP contribution in [-0.4, -0.2) is 68.2 Å². The third-order valence-corrected chi connectivity index (χ3v) is 8.24. The summed E-state index contributed by atoms with van der Waals surface area (Å²) in [6.07, 6.45) is 3.56. The van der Waals surface area contributed by atoms with Crippen LogP contribution in [0, 0.1) is 5.92 Å². The number of benzene rings is 1. The molecule has 2 aliphatic carbocycles. The monoisotopic (exact) mass is 488 g/mol. The van der Waals surface area contributed by atoms with Crippen molar-refractivity contribution in [3.8, 4) is 0 Å². The fourth-order valence-electron chi connectivity index (χ4n) is 6.51. The summed E-state index contributed by atoms with van der Waals surface area (Å²) in [6.45, 7) is 9.44. The van der Waals surface area contributed by atoms with Gasteiger partial charge in [-0.3, -0.25) is 14.5 Å². The molecule has 3 aliphatic heterocycles. The molecule has 0 aromatic heterocycles. The molecule has 1 aromatic carbocycles. The van der Waals surface area contributed by atoms with Crippen molar-refractivity contribution in [3.05, 3.63) is 57.7 Å². The van der Waals surface area contributed by atoms with Crippen LogP contribution >= 0.6 is 0 Å². The normalized spacial score (nSPS) is 28.7. The Balaban J connectivity index is 1.29. The molecule has 0 radical (unpaired) electrons. The Morgan fingerprint density at radius 3 is 2.81 bits per heavy atom. The van der Waals surface area contributed by atoms with Crippen LogP contribution in [-0.2, 0) is 14.3 Å². The van der Waals surface area contributed by atoms with E-state index >= 15 is 0 Å². The predicted molar refractivity (Wildman–Crippen MR) is 140 cm³/mol. The summed E-state index contributed by atoms with van der Waals surface area (Å²) in [6, 6.07) is 8.51. The molecule has 7 heteroatoms. The third kappa shape index (κ3) is 4.33. The summed E-state index contributed by atoms with van der Waals surface area (Å²) in [5.74, 6) is 0.382. The van der Waals surface area contributed by atoms with E-state index in [1.807, 2.05) is 24.3 Å². The van der Waals surface area contributed by atoms with Crippen molar-refractivity contribution in [2.24, 2.45) is 5.92 Å². The van der Waals surface area contributed by atoms with Crippen molar-refractivity contribution < 1.29 is 14.3 Å². The molecular weight excluding hydrogens is 452 g/mol. The highest BCUT2D eigenvalue weighted by Gasteiger charge is 2.47. The number of carbonyl (C=O) groups is 2. The van der Waals surface area contributed by atoms with E-state index in [4.69, 9.17) is 4.74 Å². The molecule has 6 rings (SSSR count). The number of rotatable bonds is 5. The van der Waals surface area contributed by atoms with Gasteiger partial charge >= 0.3 is 0 Å². The maximum Gasteiger partial charge on any atom is 0.256 e. The molecule has 3 heterocycles. The standard InChI is InChI=1S/C29H36N4O3/c1-17(16-33-10-12-36-13-11-33)15-30-28(34)24-18(2)14-23-27(31-23)25-20(24)7-5-8-21(25)26-19-6-3-4-9-22(19)32-29(26)35/h3-4,6,9,17,23,27,31H,5,7-8,10-16H2,1-2H3,(H,30,34)(H,32,35)/b26-21-. The Kier molecular flexibility index (Phi) is 6.32. The van der Waals surface area contributed by atoms with Crippen LogP contribution in [0.4, 0.5) is 5.69 Å². The number of amides is 2. The van der Waals surface area contributed by atoms with Gasteiger partial charge in [0.05, 0.1) is 18.8 Å². The summed E-state index contributed by atoms with van der Waals surface area (Å²) in [5.41, 5.74) is 8.15. The average Bonchev–Trinajstić information content (AvgIpc) is 3.56. The fourth-order valence-corrected chi connectivity index (χ4v) is 6.51. The summed E-state index contributed by atoms with van der Waals surface area (Å²) in [5, 5.41) is 9.96. The number of para-hydroxylation sites is 1. The van der Waals surface area contributed by atoms with Gasteiger partial charge in [-0.25, -0.2) is 0 Å². The van der Waals surface area contributed by atoms with E-state index in [1.165, 1.54) is 5.57 Å². The molecule has 7 nitrogen and oxygen atoms in total. The SMILES string of the molecule is CC1=C(C(=O)NCC(C)CN2CCOCC2)C2=C(/C(=C3\C(=O)Nc4ccccc43)CCC2)C2NC2C1. The molecular formula is C29H36N4O3. The van der Waals surface area contributed by atoms with Gasteiger partial charge in [-0.15, -0.1) is 0 Å². The maximum absolute atomic E-state index is 13.7. The molecule has 2 fully saturated rings. The second kappa shape index (κ2) is 9.61. The number of morpholine rings is 1. The second-order valence-corrected chi connectivity index (χ2v) is 10.9.